The highest BCUT2D eigenvalue weighted by atomic mass is 16.2. The fourth-order valence-electron chi connectivity index (χ4n) is 3.82. The minimum atomic E-state index is -0.179. The number of benzene rings is 2. The van der Waals surface area contributed by atoms with E-state index in [1.54, 1.807) is 0 Å². The summed E-state index contributed by atoms with van der Waals surface area (Å²) >= 11 is 0. The third-order valence-corrected chi connectivity index (χ3v) is 5.22. The van der Waals surface area contributed by atoms with E-state index in [4.69, 9.17) is 0 Å². The summed E-state index contributed by atoms with van der Waals surface area (Å²) in [5.74, 6) is -0.262. The Kier molecular flexibility index (Phi) is 4.75. The molecule has 1 aliphatic carbocycles. The highest BCUT2D eigenvalue weighted by Gasteiger charge is 2.28. The summed E-state index contributed by atoms with van der Waals surface area (Å²) in [6.07, 6.45) is 3.71. The van der Waals surface area contributed by atoms with Crippen molar-refractivity contribution in [3.8, 4) is 0 Å². The summed E-state index contributed by atoms with van der Waals surface area (Å²) < 4.78 is 0. The first-order chi connectivity index (χ1) is 13.1. The molecule has 1 N–H and O–H groups in total. The molecule has 2 aromatic carbocycles. The number of nitrogens with zero attached hydrogens (tertiary/aromatic N) is 2. The minimum Gasteiger partial charge on any atom is -0.344 e. The summed E-state index contributed by atoms with van der Waals surface area (Å²) in [5.41, 5.74) is 4.66. The van der Waals surface area contributed by atoms with Crippen molar-refractivity contribution in [2.24, 2.45) is 5.10 Å². The zero-order valence-corrected chi connectivity index (χ0v) is 15.4. The molecule has 1 heterocycles. The van der Waals surface area contributed by atoms with Crippen LogP contribution >= 0.6 is 0 Å². The molecular formula is C22H23N3O2. The van der Waals surface area contributed by atoms with E-state index in [0.717, 1.165) is 24.8 Å². The maximum absolute atomic E-state index is 12.8. The largest absolute Gasteiger partial charge is 0.344 e. The normalized spacial score (nSPS) is 19.3. The van der Waals surface area contributed by atoms with Gasteiger partial charge in [0.05, 0.1) is 11.7 Å². The van der Waals surface area contributed by atoms with Gasteiger partial charge in [-0.2, -0.15) is 5.10 Å². The second kappa shape index (κ2) is 7.35. The van der Waals surface area contributed by atoms with Crippen LogP contribution in [0, 0.1) is 6.92 Å². The summed E-state index contributed by atoms with van der Waals surface area (Å²) in [4.78, 5) is 25.2. The standard InChI is InChI=1S/C22H23N3O2/c1-15-6-4-9-17(14-15)25-21(26)13-12-20(24-25)22(27)23-19-11-5-8-16-7-2-3-10-18(16)19/h2-4,6-7,9-10,14,19H,5,8,11-13H2,1H3,(H,23,27). The smallest absolute Gasteiger partial charge is 0.267 e. The van der Waals surface area contributed by atoms with Crippen molar-refractivity contribution in [1.82, 2.24) is 5.32 Å². The number of anilines is 1. The number of amides is 2. The maximum atomic E-state index is 12.8. The SMILES string of the molecule is Cc1cccc(N2N=C(C(=O)NC3CCCc4ccccc43)CCC2=O)c1. The van der Waals surface area contributed by atoms with Gasteiger partial charge in [-0.05, 0) is 55.0 Å². The lowest BCUT2D eigenvalue weighted by atomic mass is 9.87. The van der Waals surface area contributed by atoms with Crippen molar-refractivity contribution >= 4 is 23.2 Å². The molecule has 0 bridgehead atoms. The molecule has 5 heteroatoms. The summed E-state index contributed by atoms with van der Waals surface area (Å²) in [7, 11) is 0. The number of hydrazone groups is 1. The molecule has 2 aliphatic rings. The van der Waals surface area contributed by atoms with Gasteiger partial charge in [0.2, 0.25) is 5.91 Å². The van der Waals surface area contributed by atoms with Crippen molar-refractivity contribution in [3.05, 3.63) is 65.2 Å². The van der Waals surface area contributed by atoms with Crippen molar-refractivity contribution in [2.75, 3.05) is 5.01 Å². The lowest BCUT2D eigenvalue weighted by Crippen LogP contribution is -2.41. The Morgan fingerprint density at radius 3 is 2.81 bits per heavy atom. The lowest BCUT2D eigenvalue weighted by Gasteiger charge is -2.28. The molecular weight excluding hydrogens is 338 g/mol. The van der Waals surface area contributed by atoms with E-state index < -0.39 is 0 Å². The second-order valence-electron chi connectivity index (χ2n) is 7.21. The van der Waals surface area contributed by atoms with Crippen LogP contribution in [0.4, 0.5) is 5.69 Å². The van der Waals surface area contributed by atoms with Crippen molar-refractivity contribution in [2.45, 2.75) is 45.1 Å². The molecule has 0 aromatic heterocycles. The molecule has 0 saturated heterocycles. The van der Waals surface area contributed by atoms with Gasteiger partial charge >= 0.3 is 0 Å². The van der Waals surface area contributed by atoms with Gasteiger partial charge in [0.1, 0.15) is 5.71 Å². The number of hydrogen-bond donors (Lipinski definition) is 1. The molecule has 1 aliphatic heterocycles. The Morgan fingerprint density at radius 1 is 1.11 bits per heavy atom. The predicted octanol–water partition coefficient (Wildman–Crippen LogP) is 3.67. The quantitative estimate of drug-likeness (QED) is 0.907. The van der Waals surface area contributed by atoms with E-state index in [1.165, 1.54) is 16.1 Å². The molecule has 0 spiro atoms. The average molecular weight is 361 g/mol. The number of nitrogens with one attached hydrogen (secondary N) is 1. The monoisotopic (exact) mass is 361 g/mol. The molecule has 0 fully saturated rings. The number of rotatable bonds is 3. The van der Waals surface area contributed by atoms with E-state index in [0.29, 0.717) is 24.2 Å². The van der Waals surface area contributed by atoms with E-state index in [9.17, 15) is 9.59 Å². The third kappa shape index (κ3) is 3.63. The van der Waals surface area contributed by atoms with Gasteiger partial charge in [0, 0.05) is 12.8 Å². The van der Waals surface area contributed by atoms with Crippen LogP contribution in [0.25, 0.3) is 0 Å². The molecule has 5 nitrogen and oxygen atoms in total. The van der Waals surface area contributed by atoms with Crippen LogP contribution in [0.5, 0.6) is 0 Å². The third-order valence-electron chi connectivity index (χ3n) is 5.22. The Hall–Kier alpha value is -2.95. The first-order valence-corrected chi connectivity index (χ1v) is 9.47. The van der Waals surface area contributed by atoms with Crippen LogP contribution in [-0.4, -0.2) is 17.5 Å². The summed E-state index contributed by atoms with van der Waals surface area (Å²) in [5, 5.41) is 8.88. The number of carbonyl (C=O) groups excluding carboxylic acids is 2. The number of aryl methyl sites for hydroxylation is 2. The minimum absolute atomic E-state index is 0.00944. The zero-order chi connectivity index (χ0) is 18.8. The molecule has 2 amide bonds. The van der Waals surface area contributed by atoms with Crippen molar-refractivity contribution < 1.29 is 9.59 Å². The van der Waals surface area contributed by atoms with Gasteiger partial charge < -0.3 is 5.32 Å². The zero-order valence-electron chi connectivity index (χ0n) is 15.4. The number of hydrogen-bond acceptors (Lipinski definition) is 3. The van der Waals surface area contributed by atoms with Crippen LogP contribution in [0.1, 0.15) is 48.4 Å². The molecule has 4 rings (SSSR count). The van der Waals surface area contributed by atoms with Gasteiger partial charge in [-0.3, -0.25) is 9.59 Å². The van der Waals surface area contributed by atoms with Gasteiger partial charge in [0.15, 0.2) is 0 Å². The Balaban J connectivity index is 1.55. The van der Waals surface area contributed by atoms with Gasteiger partial charge in [-0.25, -0.2) is 5.01 Å². The average Bonchev–Trinajstić information content (AvgIpc) is 2.68. The molecule has 0 saturated carbocycles. The Morgan fingerprint density at radius 2 is 1.96 bits per heavy atom. The molecule has 0 radical (unpaired) electrons. The van der Waals surface area contributed by atoms with Crippen molar-refractivity contribution in [3.63, 3.8) is 0 Å². The molecule has 27 heavy (non-hydrogen) atoms. The first-order valence-electron chi connectivity index (χ1n) is 9.47. The van der Waals surface area contributed by atoms with Crippen LogP contribution in [0.2, 0.25) is 0 Å². The molecule has 2 aromatic rings. The van der Waals surface area contributed by atoms with E-state index in [2.05, 4.69) is 22.6 Å². The van der Waals surface area contributed by atoms with E-state index >= 15 is 0 Å². The lowest BCUT2D eigenvalue weighted by molar-refractivity contribution is -0.119. The van der Waals surface area contributed by atoms with Gasteiger partial charge in [0.25, 0.3) is 5.91 Å². The predicted molar refractivity (Wildman–Crippen MR) is 106 cm³/mol. The summed E-state index contributed by atoms with van der Waals surface area (Å²) in [6.45, 7) is 1.97. The van der Waals surface area contributed by atoms with Gasteiger partial charge in [-0.1, -0.05) is 36.4 Å². The van der Waals surface area contributed by atoms with Gasteiger partial charge in [-0.15, -0.1) is 0 Å². The van der Waals surface area contributed by atoms with Crippen LogP contribution < -0.4 is 10.3 Å². The van der Waals surface area contributed by atoms with E-state index in [1.807, 2.05) is 43.3 Å². The second-order valence-corrected chi connectivity index (χ2v) is 7.21. The fourth-order valence-corrected chi connectivity index (χ4v) is 3.82. The maximum Gasteiger partial charge on any atom is 0.267 e. The highest BCUT2D eigenvalue weighted by Crippen LogP contribution is 2.29. The van der Waals surface area contributed by atoms with Crippen LogP contribution in [0.15, 0.2) is 53.6 Å². The molecule has 138 valence electrons. The van der Waals surface area contributed by atoms with Crippen LogP contribution in [-0.2, 0) is 16.0 Å². The number of fused-ring (bicyclic) bond motifs is 1. The van der Waals surface area contributed by atoms with E-state index in [-0.39, 0.29) is 17.9 Å². The Labute approximate surface area is 159 Å². The number of carbonyl (C=O) groups is 2. The molecule has 1 unspecified atom stereocenters. The molecule has 1 atom stereocenters. The Bertz CT molecular complexity index is 919. The topological polar surface area (TPSA) is 61.8 Å². The van der Waals surface area contributed by atoms with Crippen molar-refractivity contribution in [1.29, 1.82) is 0 Å². The highest BCUT2D eigenvalue weighted by molar-refractivity contribution is 6.40. The first kappa shape index (κ1) is 17.5. The fraction of sp³-hybridized carbons (Fsp3) is 0.318. The summed E-state index contributed by atoms with van der Waals surface area (Å²) in [6, 6.07) is 15.9. The van der Waals surface area contributed by atoms with Crippen LogP contribution in [0.3, 0.4) is 0 Å².